The lowest BCUT2D eigenvalue weighted by atomic mass is 10.0. The standard InChI is InChI=1S/C10H20F3N/c1-8(2)4-5-9(3)14-7-6-10(11,12)13/h8-9,14H,4-7H2,1-3H3. The fraction of sp³-hybridized carbons (Fsp3) is 1.00. The fourth-order valence-corrected chi connectivity index (χ4v) is 1.15. The summed E-state index contributed by atoms with van der Waals surface area (Å²) in [6, 6.07) is 0.180. The van der Waals surface area contributed by atoms with Gasteiger partial charge in [0.15, 0.2) is 0 Å². The Labute approximate surface area is 84.1 Å². The van der Waals surface area contributed by atoms with Crippen LogP contribution in [0.15, 0.2) is 0 Å². The molecule has 0 aliphatic heterocycles. The van der Waals surface area contributed by atoms with E-state index in [1.165, 1.54) is 0 Å². The van der Waals surface area contributed by atoms with E-state index >= 15 is 0 Å². The molecule has 86 valence electrons. The van der Waals surface area contributed by atoms with Crippen molar-refractivity contribution in [3.8, 4) is 0 Å². The van der Waals surface area contributed by atoms with E-state index in [0.29, 0.717) is 5.92 Å². The third-order valence-electron chi connectivity index (χ3n) is 2.08. The van der Waals surface area contributed by atoms with Crippen LogP contribution in [0.3, 0.4) is 0 Å². The monoisotopic (exact) mass is 211 g/mol. The molecule has 1 nitrogen and oxygen atoms in total. The second-order valence-electron chi connectivity index (χ2n) is 4.19. The summed E-state index contributed by atoms with van der Waals surface area (Å²) >= 11 is 0. The van der Waals surface area contributed by atoms with Crippen molar-refractivity contribution in [2.45, 2.75) is 52.3 Å². The Kier molecular flexibility index (Phi) is 6.16. The van der Waals surface area contributed by atoms with Crippen LogP contribution in [0.5, 0.6) is 0 Å². The van der Waals surface area contributed by atoms with Gasteiger partial charge in [0.2, 0.25) is 0 Å². The molecule has 0 aliphatic rings. The molecule has 0 rings (SSSR count). The number of hydrogen-bond acceptors (Lipinski definition) is 1. The van der Waals surface area contributed by atoms with E-state index in [0.717, 1.165) is 12.8 Å². The molecular formula is C10H20F3N. The van der Waals surface area contributed by atoms with Crippen molar-refractivity contribution in [1.82, 2.24) is 5.32 Å². The maximum atomic E-state index is 11.8. The van der Waals surface area contributed by atoms with Crippen LogP contribution < -0.4 is 5.32 Å². The first-order valence-corrected chi connectivity index (χ1v) is 5.11. The van der Waals surface area contributed by atoms with E-state index in [-0.39, 0.29) is 12.6 Å². The summed E-state index contributed by atoms with van der Waals surface area (Å²) in [7, 11) is 0. The molecule has 0 bridgehead atoms. The summed E-state index contributed by atoms with van der Waals surface area (Å²) in [5.74, 6) is 0.613. The summed E-state index contributed by atoms with van der Waals surface area (Å²) in [6.45, 7) is 6.19. The van der Waals surface area contributed by atoms with Crippen LogP contribution in [-0.2, 0) is 0 Å². The first kappa shape index (κ1) is 13.8. The summed E-state index contributed by atoms with van der Waals surface area (Å²) in [5, 5.41) is 2.87. The predicted molar refractivity (Wildman–Crippen MR) is 52.2 cm³/mol. The zero-order chi connectivity index (χ0) is 11.2. The third kappa shape index (κ3) is 9.84. The topological polar surface area (TPSA) is 12.0 Å². The van der Waals surface area contributed by atoms with Crippen LogP contribution in [0, 0.1) is 5.92 Å². The van der Waals surface area contributed by atoms with Crippen molar-refractivity contribution in [2.24, 2.45) is 5.92 Å². The summed E-state index contributed by atoms with van der Waals surface area (Å²) in [4.78, 5) is 0. The predicted octanol–water partition coefficient (Wildman–Crippen LogP) is 3.35. The molecule has 0 aromatic heterocycles. The molecule has 0 amide bonds. The SMILES string of the molecule is CC(C)CCC(C)NCCC(F)(F)F. The van der Waals surface area contributed by atoms with Crippen LogP contribution >= 0.6 is 0 Å². The minimum atomic E-state index is -4.04. The highest BCUT2D eigenvalue weighted by molar-refractivity contribution is 4.63. The molecule has 4 heteroatoms. The molecule has 0 heterocycles. The van der Waals surface area contributed by atoms with Crippen LogP contribution in [0.1, 0.15) is 40.0 Å². The fourth-order valence-electron chi connectivity index (χ4n) is 1.15. The van der Waals surface area contributed by atoms with Crippen molar-refractivity contribution in [1.29, 1.82) is 0 Å². The van der Waals surface area contributed by atoms with Crippen LogP contribution in [0.2, 0.25) is 0 Å². The molecule has 14 heavy (non-hydrogen) atoms. The second kappa shape index (κ2) is 6.27. The van der Waals surface area contributed by atoms with Crippen LogP contribution in [0.4, 0.5) is 13.2 Å². The van der Waals surface area contributed by atoms with Gasteiger partial charge in [-0.2, -0.15) is 13.2 Å². The Morgan fingerprint density at radius 1 is 1.07 bits per heavy atom. The Morgan fingerprint density at radius 2 is 1.64 bits per heavy atom. The van der Waals surface area contributed by atoms with Crippen molar-refractivity contribution in [3.05, 3.63) is 0 Å². The minimum Gasteiger partial charge on any atom is -0.314 e. The van der Waals surface area contributed by atoms with Crippen molar-refractivity contribution >= 4 is 0 Å². The van der Waals surface area contributed by atoms with Gasteiger partial charge in [-0.25, -0.2) is 0 Å². The Balaban J connectivity index is 3.40. The van der Waals surface area contributed by atoms with Crippen LogP contribution in [-0.4, -0.2) is 18.8 Å². The Morgan fingerprint density at radius 3 is 2.07 bits per heavy atom. The van der Waals surface area contributed by atoms with Gasteiger partial charge >= 0.3 is 6.18 Å². The van der Waals surface area contributed by atoms with Crippen molar-refractivity contribution in [3.63, 3.8) is 0 Å². The minimum absolute atomic E-state index is 0.0305. The lowest BCUT2D eigenvalue weighted by molar-refractivity contribution is -0.133. The van der Waals surface area contributed by atoms with E-state index < -0.39 is 12.6 Å². The average molecular weight is 211 g/mol. The molecule has 0 saturated heterocycles. The average Bonchev–Trinajstić information content (AvgIpc) is 1.98. The van der Waals surface area contributed by atoms with E-state index in [1.54, 1.807) is 0 Å². The molecule has 0 radical (unpaired) electrons. The number of hydrogen-bond donors (Lipinski definition) is 1. The third-order valence-corrected chi connectivity index (χ3v) is 2.08. The van der Waals surface area contributed by atoms with Gasteiger partial charge in [-0.05, 0) is 25.7 Å². The quantitative estimate of drug-likeness (QED) is 0.710. The van der Waals surface area contributed by atoms with Gasteiger partial charge in [-0.1, -0.05) is 13.8 Å². The van der Waals surface area contributed by atoms with Gasteiger partial charge in [0.25, 0.3) is 0 Å². The maximum Gasteiger partial charge on any atom is 0.390 e. The smallest absolute Gasteiger partial charge is 0.314 e. The van der Waals surface area contributed by atoms with Gasteiger partial charge in [-0.3, -0.25) is 0 Å². The lowest BCUT2D eigenvalue weighted by Gasteiger charge is -2.15. The summed E-state index contributed by atoms with van der Waals surface area (Å²) in [6.07, 6.45) is -2.78. The van der Waals surface area contributed by atoms with Crippen LogP contribution in [0.25, 0.3) is 0 Å². The van der Waals surface area contributed by atoms with E-state index in [1.807, 2.05) is 6.92 Å². The zero-order valence-electron chi connectivity index (χ0n) is 9.12. The summed E-state index contributed by atoms with van der Waals surface area (Å²) < 4.78 is 35.3. The van der Waals surface area contributed by atoms with Gasteiger partial charge in [0.1, 0.15) is 0 Å². The first-order valence-electron chi connectivity index (χ1n) is 5.11. The molecule has 0 spiro atoms. The van der Waals surface area contributed by atoms with Gasteiger partial charge in [0.05, 0.1) is 6.42 Å². The van der Waals surface area contributed by atoms with Gasteiger partial charge < -0.3 is 5.32 Å². The molecule has 1 unspecified atom stereocenters. The van der Waals surface area contributed by atoms with E-state index in [9.17, 15) is 13.2 Å². The van der Waals surface area contributed by atoms with E-state index in [2.05, 4.69) is 19.2 Å². The lowest BCUT2D eigenvalue weighted by Crippen LogP contribution is -2.30. The number of halogens is 3. The molecule has 1 atom stereocenters. The molecule has 1 N–H and O–H groups in total. The molecule has 0 saturated carbocycles. The normalized spacial score (nSPS) is 14.8. The Bertz CT molecular complexity index is 143. The first-order chi connectivity index (χ1) is 6.31. The number of rotatable bonds is 6. The van der Waals surface area contributed by atoms with Crippen molar-refractivity contribution in [2.75, 3.05) is 6.54 Å². The molecular weight excluding hydrogens is 191 g/mol. The molecule has 0 aromatic carbocycles. The van der Waals surface area contributed by atoms with Gasteiger partial charge in [0, 0.05) is 12.6 Å². The molecule has 0 aliphatic carbocycles. The van der Waals surface area contributed by atoms with E-state index in [4.69, 9.17) is 0 Å². The number of nitrogens with one attached hydrogen (secondary N) is 1. The molecule has 0 aromatic rings. The largest absolute Gasteiger partial charge is 0.390 e. The zero-order valence-corrected chi connectivity index (χ0v) is 9.12. The highest BCUT2D eigenvalue weighted by Crippen LogP contribution is 2.18. The molecule has 0 fully saturated rings. The maximum absolute atomic E-state index is 11.8. The number of alkyl halides is 3. The Hall–Kier alpha value is -0.250. The second-order valence-corrected chi connectivity index (χ2v) is 4.19. The van der Waals surface area contributed by atoms with Gasteiger partial charge in [-0.15, -0.1) is 0 Å². The summed E-state index contributed by atoms with van der Waals surface area (Å²) in [5.41, 5.74) is 0. The van der Waals surface area contributed by atoms with Crippen molar-refractivity contribution < 1.29 is 13.2 Å². The highest BCUT2D eigenvalue weighted by atomic mass is 19.4. The highest BCUT2D eigenvalue weighted by Gasteiger charge is 2.26.